The first kappa shape index (κ1) is 15.4. The van der Waals surface area contributed by atoms with E-state index in [9.17, 15) is 4.79 Å². The molecule has 2 aliphatic rings. The normalized spacial score (nSPS) is 24.4. The van der Waals surface area contributed by atoms with E-state index in [0.717, 1.165) is 38.9 Å². The summed E-state index contributed by atoms with van der Waals surface area (Å²) in [4.78, 5) is 12.0. The number of allylic oxidation sites excluding steroid dienone is 1. The standard InChI is InChI=1S/C16H28N2O2/c1-13(2)5-4-10-17-15(19)18-14-6-3-7-16(14)8-11-20-12-9-16/h5,14H,3-4,6-12H2,1-2H3,(H2,17,18,19). The zero-order chi connectivity index (χ0) is 14.4. The Labute approximate surface area is 122 Å². The number of nitrogens with one attached hydrogen (secondary N) is 2. The molecule has 2 amide bonds. The van der Waals surface area contributed by atoms with E-state index in [1.807, 2.05) is 0 Å². The molecule has 2 N–H and O–H groups in total. The van der Waals surface area contributed by atoms with Gasteiger partial charge >= 0.3 is 6.03 Å². The Morgan fingerprint density at radius 3 is 2.75 bits per heavy atom. The second-order valence-electron chi connectivity index (χ2n) is 6.39. The fourth-order valence-corrected chi connectivity index (χ4v) is 3.50. The zero-order valence-corrected chi connectivity index (χ0v) is 12.8. The summed E-state index contributed by atoms with van der Waals surface area (Å²) in [5.74, 6) is 0. The van der Waals surface area contributed by atoms with Crippen molar-refractivity contribution in [2.45, 2.75) is 58.4 Å². The van der Waals surface area contributed by atoms with E-state index < -0.39 is 0 Å². The number of hydrogen-bond acceptors (Lipinski definition) is 2. The lowest BCUT2D eigenvalue weighted by Gasteiger charge is -2.39. The molecule has 0 aromatic heterocycles. The molecule has 2 rings (SSSR count). The van der Waals surface area contributed by atoms with Crippen molar-refractivity contribution in [3.05, 3.63) is 11.6 Å². The highest BCUT2D eigenvalue weighted by atomic mass is 16.5. The van der Waals surface area contributed by atoms with Gasteiger partial charge in [0.2, 0.25) is 0 Å². The van der Waals surface area contributed by atoms with Crippen molar-refractivity contribution in [3.8, 4) is 0 Å². The fraction of sp³-hybridized carbons (Fsp3) is 0.812. The van der Waals surface area contributed by atoms with Crippen LogP contribution in [0.25, 0.3) is 0 Å². The Morgan fingerprint density at radius 2 is 2.05 bits per heavy atom. The molecule has 1 spiro atoms. The summed E-state index contributed by atoms with van der Waals surface area (Å²) in [5, 5.41) is 6.16. The minimum Gasteiger partial charge on any atom is -0.381 e. The van der Waals surface area contributed by atoms with Crippen LogP contribution in [0.1, 0.15) is 52.4 Å². The van der Waals surface area contributed by atoms with Crippen molar-refractivity contribution >= 4 is 6.03 Å². The van der Waals surface area contributed by atoms with Crippen molar-refractivity contribution in [1.29, 1.82) is 0 Å². The van der Waals surface area contributed by atoms with Crippen LogP contribution in [0.15, 0.2) is 11.6 Å². The number of carbonyl (C=O) groups excluding carboxylic acids is 1. The maximum atomic E-state index is 12.0. The molecule has 0 radical (unpaired) electrons. The highest BCUT2D eigenvalue weighted by molar-refractivity contribution is 5.74. The largest absolute Gasteiger partial charge is 0.381 e. The van der Waals surface area contributed by atoms with E-state index in [4.69, 9.17) is 4.74 Å². The number of rotatable bonds is 4. The van der Waals surface area contributed by atoms with Gasteiger partial charge in [0.1, 0.15) is 0 Å². The van der Waals surface area contributed by atoms with Crippen LogP contribution in [-0.2, 0) is 4.74 Å². The predicted molar refractivity (Wildman–Crippen MR) is 80.7 cm³/mol. The van der Waals surface area contributed by atoms with E-state index in [1.54, 1.807) is 0 Å². The smallest absolute Gasteiger partial charge is 0.315 e. The molecule has 0 aromatic carbocycles. The molecule has 2 fully saturated rings. The van der Waals surface area contributed by atoms with Gasteiger partial charge in [-0.3, -0.25) is 0 Å². The SMILES string of the molecule is CC(C)=CCCNC(=O)NC1CCCC12CCOCC2. The van der Waals surface area contributed by atoms with Gasteiger partial charge in [-0.05, 0) is 51.4 Å². The van der Waals surface area contributed by atoms with E-state index in [-0.39, 0.29) is 6.03 Å². The van der Waals surface area contributed by atoms with E-state index in [1.165, 1.54) is 18.4 Å². The maximum absolute atomic E-state index is 12.0. The Kier molecular flexibility index (Phi) is 5.46. The van der Waals surface area contributed by atoms with Gasteiger partial charge in [-0.2, -0.15) is 0 Å². The van der Waals surface area contributed by atoms with Crippen LogP contribution < -0.4 is 10.6 Å². The summed E-state index contributed by atoms with van der Waals surface area (Å²) in [5.41, 5.74) is 1.60. The van der Waals surface area contributed by atoms with Gasteiger partial charge in [-0.15, -0.1) is 0 Å². The van der Waals surface area contributed by atoms with E-state index in [0.29, 0.717) is 18.0 Å². The lowest BCUT2D eigenvalue weighted by Crippen LogP contribution is -2.50. The average molecular weight is 280 g/mol. The molecular formula is C16H28N2O2. The van der Waals surface area contributed by atoms with Crippen LogP contribution >= 0.6 is 0 Å². The number of hydrogen-bond donors (Lipinski definition) is 2. The van der Waals surface area contributed by atoms with Crippen molar-refractivity contribution in [2.75, 3.05) is 19.8 Å². The molecule has 4 heteroatoms. The molecule has 20 heavy (non-hydrogen) atoms. The highest BCUT2D eigenvalue weighted by Crippen LogP contribution is 2.45. The van der Waals surface area contributed by atoms with Crippen LogP contribution in [0.3, 0.4) is 0 Å². The predicted octanol–water partition coefficient (Wildman–Crippen LogP) is 2.99. The molecule has 1 aliphatic carbocycles. The molecular weight excluding hydrogens is 252 g/mol. The quantitative estimate of drug-likeness (QED) is 0.614. The molecule has 1 aliphatic heterocycles. The second kappa shape index (κ2) is 7.11. The minimum absolute atomic E-state index is 0.00933. The summed E-state index contributed by atoms with van der Waals surface area (Å²) in [6.45, 7) is 6.56. The molecule has 114 valence electrons. The van der Waals surface area contributed by atoms with Crippen molar-refractivity contribution in [3.63, 3.8) is 0 Å². The Balaban J connectivity index is 1.77. The molecule has 1 heterocycles. The molecule has 4 nitrogen and oxygen atoms in total. The van der Waals surface area contributed by atoms with Crippen LogP contribution in [0.4, 0.5) is 4.79 Å². The molecule has 0 bridgehead atoms. The molecule has 1 saturated heterocycles. The van der Waals surface area contributed by atoms with Gasteiger partial charge in [0.15, 0.2) is 0 Å². The van der Waals surface area contributed by atoms with Crippen LogP contribution in [0, 0.1) is 5.41 Å². The number of ether oxygens (including phenoxy) is 1. The Hall–Kier alpha value is -1.03. The van der Waals surface area contributed by atoms with Crippen molar-refractivity contribution < 1.29 is 9.53 Å². The van der Waals surface area contributed by atoms with Crippen LogP contribution in [0.2, 0.25) is 0 Å². The first-order valence-corrected chi connectivity index (χ1v) is 7.88. The van der Waals surface area contributed by atoms with Gasteiger partial charge in [-0.25, -0.2) is 4.79 Å². The van der Waals surface area contributed by atoms with Crippen LogP contribution in [0.5, 0.6) is 0 Å². The zero-order valence-electron chi connectivity index (χ0n) is 12.8. The highest BCUT2D eigenvalue weighted by Gasteiger charge is 2.44. The summed E-state index contributed by atoms with van der Waals surface area (Å²) >= 11 is 0. The maximum Gasteiger partial charge on any atom is 0.315 e. The second-order valence-corrected chi connectivity index (χ2v) is 6.39. The third-order valence-corrected chi connectivity index (χ3v) is 4.68. The van der Waals surface area contributed by atoms with Gasteiger partial charge in [0, 0.05) is 25.8 Å². The third kappa shape index (κ3) is 3.98. The van der Waals surface area contributed by atoms with Gasteiger partial charge in [-0.1, -0.05) is 18.1 Å². The summed E-state index contributed by atoms with van der Waals surface area (Å²) in [7, 11) is 0. The van der Waals surface area contributed by atoms with Gasteiger partial charge in [0.05, 0.1) is 0 Å². The van der Waals surface area contributed by atoms with E-state index in [2.05, 4.69) is 30.6 Å². The number of urea groups is 1. The molecule has 0 aromatic rings. The summed E-state index contributed by atoms with van der Waals surface area (Å²) in [6, 6.07) is 0.319. The first-order valence-electron chi connectivity index (χ1n) is 7.88. The molecule has 1 atom stereocenters. The van der Waals surface area contributed by atoms with Gasteiger partial charge < -0.3 is 15.4 Å². The lowest BCUT2D eigenvalue weighted by molar-refractivity contribution is 0.00625. The van der Waals surface area contributed by atoms with Crippen LogP contribution in [-0.4, -0.2) is 31.8 Å². The molecule has 1 saturated carbocycles. The first-order chi connectivity index (χ1) is 9.62. The van der Waals surface area contributed by atoms with Crippen molar-refractivity contribution in [2.24, 2.45) is 5.41 Å². The summed E-state index contributed by atoms with van der Waals surface area (Å²) in [6.07, 6.45) is 8.81. The average Bonchev–Trinajstić information content (AvgIpc) is 2.78. The lowest BCUT2D eigenvalue weighted by atomic mass is 9.75. The topological polar surface area (TPSA) is 50.4 Å². The van der Waals surface area contributed by atoms with Crippen molar-refractivity contribution in [1.82, 2.24) is 10.6 Å². The number of amides is 2. The third-order valence-electron chi connectivity index (χ3n) is 4.68. The molecule has 1 unspecified atom stereocenters. The Bertz CT molecular complexity index is 355. The summed E-state index contributed by atoms with van der Waals surface area (Å²) < 4.78 is 5.48. The minimum atomic E-state index is -0.00933. The van der Waals surface area contributed by atoms with Gasteiger partial charge in [0.25, 0.3) is 0 Å². The fourth-order valence-electron chi connectivity index (χ4n) is 3.50. The monoisotopic (exact) mass is 280 g/mol. The van der Waals surface area contributed by atoms with E-state index >= 15 is 0 Å². The Morgan fingerprint density at radius 1 is 1.30 bits per heavy atom. The number of carbonyl (C=O) groups is 1.